The first-order valence-electron chi connectivity index (χ1n) is 9.76. The Bertz CT molecular complexity index is 1250. The van der Waals surface area contributed by atoms with Gasteiger partial charge < -0.3 is 9.47 Å². The Balaban J connectivity index is 1.54. The van der Waals surface area contributed by atoms with Crippen molar-refractivity contribution in [3.05, 3.63) is 75.9 Å². The number of carbonyl (C=O) groups excluding carboxylic acids is 1. The second kappa shape index (κ2) is 9.42. The molecule has 0 spiro atoms. The molecule has 0 atom stereocenters. The first-order valence-corrected chi connectivity index (χ1v) is 11.0. The van der Waals surface area contributed by atoms with E-state index >= 15 is 0 Å². The third-order valence-electron chi connectivity index (χ3n) is 4.88. The second-order valence-corrected chi connectivity index (χ2v) is 8.17. The lowest BCUT2D eigenvalue weighted by atomic mass is 10.1. The highest BCUT2D eigenvalue weighted by atomic mass is 35.5. The topological polar surface area (TPSA) is 78.3 Å². The van der Waals surface area contributed by atoms with Gasteiger partial charge >= 0.3 is 0 Å². The van der Waals surface area contributed by atoms with Crippen molar-refractivity contribution in [2.24, 2.45) is 0 Å². The van der Waals surface area contributed by atoms with Crippen LogP contribution in [0.1, 0.15) is 21.6 Å². The Hall–Kier alpha value is -3.36. The lowest BCUT2D eigenvalue weighted by molar-refractivity contribution is 0.102. The van der Waals surface area contributed by atoms with Crippen LogP contribution in [-0.2, 0) is 6.54 Å². The van der Waals surface area contributed by atoms with Crippen LogP contribution in [0, 0.1) is 6.92 Å². The predicted molar refractivity (Wildman–Crippen MR) is 126 cm³/mol. The van der Waals surface area contributed by atoms with Crippen LogP contribution < -0.4 is 14.8 Å². The van der Waals surface area contributed by atoms with Crippen molar-refractivity contribution in [3.63, 3.8) is 0 Å². The number of aryl methyl sites for hydroxylation is 1. The highest BCUT2D eigenvalue weighted by molar-refractivity contribution is 7.14. The maximum Gasteiger partial charge on any atom is 0.262 e. The molecule has 2 aromatic carbocycles. The monoisotopic (exact) mass is 468 g/mol. The van der Waals surface area contributed by atoms with Gasteiger partial charge in [0.15, 0.2) is 5.13 Å². The normalized spacial score (nSPS) is 10.8. The van der Waals surface area contributed by atoms with Crippen molar-refractivity contribution < 1.29 is 14.3 Å². The van der Waals surface area contributed by atoms with Crippen molar-refractivity contribution in [2.45, 2.75) is 13.5 Å². The third-order valence-corrected chi connectivity index (χ3v) is 6.02. The van der Waals surface area contributed by atoms with Gasteiger partial charge in [0.1, 0.15) is 16.7 Å². The molecule has 9 heteroatoms. The van der Waals surface area contributed by atoms with Crippen molar-refractivity contribution >= 4 is 34.0 Å². The molecule has 0 aliphatic heterocycles. The molecule has 32 heavy (non-hydrogen) atoms. The number of aromatic nitrogens is 3. The van der Waals surface area contributed by atoms with Gasteiger partial charge in [0.2, 0.25) is 0 Å². The Morgan fingerprint density at radius 3 is 2.66 bits per heavy atom. The molecule has 2 heterocycles. The molecule has 0 aliphatic carbocycles. The Labute approximate surface area is 194 Å². The van der Waals surface area contributed by atoms with Gasteiger partial charge in [-0.2, -0.15) is 5.10 Å². The summed E-state index contributed by atoms with van der Waals surface area (Å²) in [5.74, 6) is 0.968. The molecule has 0 radical (unpaired) electrons. The van der Waals surface area contributed by atoms with Crippen molar-refractivity contribution in [1.82, 2.24) is 14.8 Å². The van der Waals surface area contributed by atoms with E-state index in [0.717, 1.165) is 11.1 Å². The zero-order valence-corrected chi connectivity index (χ0v) is 19.3. The maximum absolute atomic E-state index is 13.0. The van der Waals surface area contributed by atoms with Crippen LogP contribution in [0.5, 0.6) is 11.5 Å². The molecule has 0 aliphatic rings. The molecule has 7 nitrogen and oxygen atoms in total. The van der Waals surface area contributed by atoms with Gasteiger partial charge in [-0.3, -0.25) is 10.1 Å². The molecular formula is C23H21ClN4O3S. The fraction of sp³-hybridized carbons (Fsp3) is 0.174. The van der Waals surface area contributed by atoms with Gasteiger partial charge in [-0.1, -0.05) is 41.9 Å². The molecule has 1 amide bonds. The zero-order chi connectivity index (χ0) is 22.7. The van der Waals surface area contributed by atoms with Crippen LogP contribution in [0.4, 0.5) is 5.13 Å². The Morgan fingerprint density at radius 2 is 1.94 bits per heavy atom. The molecular weight excluding hydrogens is 448 g/mol. The minimum absolute atomic E-state index is 0.289. The first-order chi connectivity index (χ1) is 15.5. The smallest absolute Gasteiger partial charge is 0.262 e. The number of methoxy groups -OCH3 is 2. The van der Waals surface area contributed by atoms with Gasteiger partial charge in [0, 0.05) is 17.0 Å². The van der Waals surface area contributed by atoms with E-state index in [1.165, 1.54) is 11.3 Å². The van der Waals surface area contributed by atoms with Gasteiger partial charge in [-0.25, -0.2) is 9.67 Å². The number of ether oxygens (including phenoxy) is 2. The number of halogens is 1. The quantitative estimate of drug-likeness (QED) is 0.399. The zero-order valence-electron chi connectivity index (χ0n) is 17.8. The second-order valence-electron chi connectivity index (χ2n) is 6.95. The molecule has 164 valence electrons. The number of anilines is 1. The number of nitrogens with zero attached hydrogens (tertiary/aromatic N) is 3. The summed E-state index contributed by atoms with van der Waals surface area (Å²) >= 11 is 7.82. The predicted octanol–water partition coefficient (Wildman–Crippen LogP) is 5.29. The van der Waals surface area contributed by atoms with E-state index in [1.807, 2.05) is 47.8 Å². The van der Waals surface area contributed by atoms with Crippen molar-refractivity contribution in [2.75, 3.05) is 19.5 Å². The van der Waals surface area contributed by atoms with Crippen LogP contribution in [0.15, 0.2) is 53.9 Å². The molecule has 4 rings (SSSR count). The minimum Gasteiger partial charge on any atom is -0.497 e. The summed E-state index contributed by atoms with van der Waals surface area (Å²) in [6.45, 7) is 2.24. The molecule has 1 N–H and O–H groups in total. The largest absolute Gasteiger partial charge is 0.497 e. The van der Waals surface area contributed by atoms with E-state index in [-0.39, 0.29) is 11.1 Å². The molecule has 2 aromatic heterocycles. The number of rotatable bonds is 7. The van der Waals surface area contributed by atoms with Crippen LogP contribution in [0.25, 0.3) is 11.3 Å². The standard InChI is InChI=1S/C23H21ClN4O3S/c1-14-20(21(24)28(27-14)12-15-7-5-4-6-8-15)22(29)26-23-25-18(13-32-23)17-10-9-16(30-2)11-19(17)31-3/h4-11,13H,12H2,1-3H3,(H,25,26,29). The molecule has 0 saturated heterocycles. The fourth-order valence-corrected chi connectivity index (χ4v) is 4.32. The lowest BCUT2D eigenvalue weighted by Gasteiger charge is -2.08. The van der Waals surface area contributed by atoms with E-state index in [0.29, 0.717) is 40.1 Å². The molecule has 0 unspecified atom stereocenters. The van der Waals surface area contributed by atoms with Crippen LogP contribution in [0.3, 0.4) is 0 Å². The Morgan fingerprint density at radius 1 is 1.16 bits per heavy atom. The summed E-state index contributed by atoms with van der Waals surface area (Å²) in [5, 5.41) is 9.87. The number of hydrogen-bond donors (Lipinski definition) is 1. The van der Waals surface area contributed by atoms with Crippen LogP contribution in [0.2, 0.25) is 5.15 Å². The number of benzene rings is 2. The third kappa shape index (κ3) is 4.46. The average Bonchev–Trinajstić information content (AvgIpc) is 3.37. The van der Waals surface area contributed by atoms with Crippen molar-refractivity contribution in [3.8, 4) is 22.8 Å². The summed E-state index contributed by atoms with van der Waals surface area (Å²) in [6, 6.07) is 15.3. The molecule has 4 aromatic rings. The summed E-state index contributed by atoms with van der Waals surface area (Å²) in [6.07, 6.45) is 0. The van der Waals surface area contributed by atoms with Gasteiger partial charge in [0.05, 0.1) is 37.7 Å². The van der Waals surface area contributed by atoms with Crippen LogP contribution in [-0.4, -0.2) is 34.9 Å². The van der Waals surface area contributed by atoms with E-state index in [9.17, 15) is 4.79 Å². The van der Waals surface area contributed by atoms with Crippen molar-refractivity contribution in [1.29, 1.82) is 0 Å². The minimum atomic E-state index is -0.352. The van der Waals surface area contributed by atoms with E-state index in [4.69, 9.17) is 21.1 Å². The van der Waals surface area contributed by atoms with E-state index in [2.05, 4.69) is 15.4 Å². The highest BCUT2D eigenvalue weighted by Crippen LogP contribution is 2.35. The first kappa shape index (κ1) is 21.9. The van der Waals surface area contributed by atoms with E-state index in [1.54, 1.807) is 31.9 Å². The van der Waals surface area contributed by atoms with Gasteiger partial charge in [0.25, 0.3) is 5.91 Å². The number of nitrogens with one attached hydrogen (secondary N) is 1. The molecule has 0 saturated carbocycles. The number of carbonyl (C=O) groups is 1. The van der Waals surface area contributed by atoms with E-state index < -0.39 is 0 Å². The fourth-order valence-electron chi connectivity index (χ4n) is 3.30. The summed E-state index contributed by atoms with van der Waals surface area (Å²) in [5.41, 5.74) is 3.42. The average molecular weight is 469 g/mol. The number of hydrogen-bond acceptors (Lipinski definition) is 6. The summed E-state index contributed by atoms with van der Waals surface area (Å²) < 4.78 is 12.3. The lowest BCUT2D eigenvalue weighted by Crippen LogP contribution is -2.13. The number of amides is 1. The SMILES string of the molecule is COc1ccc(-c2csc(NC(=O)c3c(C)nn(Cc4ccccc4)c3Cl)n2)c(OC)c1. The maximum atomic E-state index is 13.0. The van der Waals surface area contributed by atoms with Gasteiger partial charge in [-0.15, -0.1) is 11.3 Å². The Kier molecular flexibility index (Phi) is 6.43. The number of thiazole rings is 1. The van der Waals surface area contributed by atoms with Crippen LogP contribution >= 0.6 is 22.9 Å². The molecule has 0 bridgehead atoms. The molecule has 0 fully saturated rings. The highest BCUT2D eigenvalue weighted by Gasteiger charge is 2.22. The summed E-state index contributed by atoms with van der Waals surface area (Å²) in [4.78, 5) is 17.5. The van der Waals surface area contributed by atoms with Gasteiger partial charge in [-0.05, 0) is 24.6 Å². The summed E-state index contributed by atoms with van der Waals surface area (Å²) in [7, 11) is 3.19.